The van der Waals surface area contributed by atoms with Crippen molar-refractivity contribution in [2.45, 2.75) is 49.5 Å². The van der Waals surface area contributed by atoms with Crippen molar-refractivity contribution in [1.82, 2.24) is 10.6 Å². The number of ether oxygens (including phenoxy) is 1. The van der Waals surface area contributed by atoms with E-state index in [1.165, 1.54) is 29.6 Å². The van der Waals surface area contributed by atoms with Gasteiger partial charge in [0.05, 0.1) is 23.3 Å². The van der Waals surface area contributed by atoms with Crippen LogP contribution in [-0.2, 0) is 21.2 Å². The Labute approximate surface area is 194 Å². The Bertz CT molecular complexity index is 1140. The van der Waals surface area contributed by atoms with Crippen LogP contribution in [0.25, 0.3) is 0 Å². The average Bonchev–Trinajstić information content (AvgIpc) is 3.48. The molecule has 9 heteroatoms. The molecule has 2 aromatic carbocycles. The number of anilines is 1. The Morgan fingerprint density at radius 3 is 2.64 bits per heavy atom. The fourth-order valence-corrected chi connectivity index (χ4v) is 5.99. The summed E-state index contributed by atoms with van der Waals surface area (Å²) in [5.41, 5.74) is 1.75. The molecule has 1 aliphatic carbocycles. The maximum absolute atomic E-state index is 13.3. The van der Waals surface area contributed by atoms with Crippen LogP contribution in [0.5, 0.6) is 5.75 Å². The van der Waals surface area contributed by atoms with Gasteiger partial charge in [0.25, 0.3) is 15.9 Å². The van der Waals surface area contributed by atoms with Gasteiger partial charge in [-0.15, -0.1) is 0 Å². The number of amides is 2. The molecule has 0 unspecified atom stereocenters. The number of carbonyl (C=O) groups excluding carboxylic acids is 2. The number of para-hydroxylation sites is 1. The van der Waals surface area contributed by atoms with Crippen molar-refractivity contribution in [2.75, 3.05) is 24.5 Å². The van der Waals surface area contributed by atoms with Gasteiger partial charge in [-0.2, -0.15) is 0 Å². The van der Waals surface area contributed by atoms with Gasteiger partial charge in [0, 0.05) is 25.6 Å². The standard InChI is InChI=1S/C24H29N3O5S/c1-32-22-11-10-19(33(30,31)27-15-13-17-6-2-5-9-21(17)27)16-20(22)24(29)25-14-12-23(28)26-18-7-3-4-8-18/h2,5-6,9-11,16,18H,3-4,7-8,12-15H2,1H3,(H,25,29)(H,26,28). The fourth-order valence-electron chi connectivity index (χ4n) is 4.46. The lowest BCUT2D eigenvalue weighted by molar-refractivity contribution is -0.121. The Hall–Kier alpha value is -3.07. The Morgan fingerprint density at radius 1 is 1.12 bits per heavy atom. The minimum absolute atomic E-state index is 0.0177. The van der Waals surface area contributed by atoms with Crippen molar-refractivity contribution in [3.63, 3.8) is 0 Å². The van der Waals surface area contributed by atoms with Crippen molar-refractivity contribution in [2.24, 2.45) is 0 Å². The third-order valence-corrected chi connectivity index (χ3v) is 8.02. The molecule has 2 amide bonds. The van der Waals surface area contributed by atoms with E-state index in [0.717, 1.165) is 31.2 Å². The molecule has 0 aromatic heterocycles. The van der Waals surface area contributed by atoms with Gasteiger partial charge in [0.2, 0.25) is 5.91 Å². The van der Waals surface area contributed by atoms with Gasteiger partial charge < -0.3 is 15.4 Å². The fraction of sp³-hybridized carbons (Fsp3) is 0.417. The number of benzene rings is 2. The second-order valence-corrected chi connectivity index (χ2v) is 10.2. The highest BCUT2D eigenvalue weighted by Crippen LogP contribution is 2.33. The highest BCUT2D eigenvalue weighted by Gasteiger charge is 2.31. The van der Waals surface area contributed by atoms with E-state index in [0.29, 0.717) is 18.7 Å². The van der Waals surface area contributed by atoms with Gasteiger partial charge in [-0.25, -0.2) is 8.42 Å². The quantitative estimate of drug-likeness (QED) is 0.616. The Balaban J connectivity index is 1.46. The molecular weight excluding hydrogens is 442 g/mol. The predicted octanol–water partition coefficient (Wildman–Crippen LogP) is 2.63. The van der Waals surface area contributed by atoms with E-state index >= 15 is 0 Å². The van der Waals surface area contributed by atoms with Crippen LogP contribution in [0, 0.1) is 0 Å². The maximum Gasteiger partial charge on any atom is 0.264 e. The molecule has 2 N–H and O–H groups in total. The number of methoxy groups -OCH3 is 1. The first-order chi connectivity index (χ1) is 15.9. The van der Waals surface area contributed by atoms with Crippen LogP contribution in [0.4, 0.5) is 5.69 Å². The molecule has 2 aliphatic rings. The smallest absolute Gasteiger partial charge is 0.264 e. The number of carbonyl (C=O) groups is 2. The van der Waals surface area contributed by atoms with Gasteiger partial charge in [-0.3, -0.25) is 13.9 Å². The number of hydrogen-bond donors (Lipinski definition) is 2. The van der Waals surface area contributed by atoms with Crippen molar-refractivity contribution in [1.29, 1.82) is 0 Å². The topological polar surface area (TPSA) is 105 Å². The molecule has 176 valence electrons. The van der Waals surface area contributed by atoms with Crippen molar-refractivity contribution in [3.05, 3.63) is 53.6 Å². The molecule has 1 heterocycles. The summed E-state index contributed by atoms with van der Waals surface area (Å²) in [5, 5.41) is 5.69. The van der Waals surface area contributed by atoms with Crippen LogP contribution in [0.1, 0.15) is 48.0 Å². The summed E-state index contributed by atoms with van der Waals surface area (Å²) >= 11 is 0. The van der Waals surface area contributed by atoms with E-state index < -0.39 is 15.9 Å². The molecule has 8 nitrogen and oxygen atoms in total. The van der Waals surface area contributed by atoms with Crippen LogP contribution in [0.3, 0.4) is 0 Å². The normalized spacial score (nSPS) is 15.8. The lowest BCUT2D eigenvalue weighted by atomic mass is 10.2. The molecule has 0 radical (unpaired) electrons. The second-order valence-electron chi connectivity index (χ2n) is 8.37. The summed E-state index contributed by atoms with van der Waals surface area (Å²) < 4.78 is 33.3. The lowest BCUT2D eigenvalue weighted by Crippen LogP contribution is -2.35. The van der Waals surface area contributed by atoms with E-state index in [-0.39, 0.29) is 41.1 Å². The lowest BCUT2D eigenvalue weighted by Gasteiger charge is -2.20. The van der Waals surface area contributed by atoms with Gasteiger partial charge >= 0.3 is 0 Å². The summed E-state index contributed by atoms with van der Waals surface area (Å²) in [6.45, 7) is 0.502. The van der Waals surface area contributed by atoms with E-state index in [1.54, 1.807) is 6.07 Å². The monoisotopic (exact) mass is 471 g/mol. The maximum atomic E-state index is 13.3. The number of sulfonamides is 1. The summed E-state index contributed by atoms with van der Waals surface area (Å²) in [7, 11) is -2.42. The second kappa shape index (κ2) is 9.82. The highest BCUT2D eigenvalue weighted by atomic mass is 32.2. The summed E-state index contributed by atoms with van der Waals surface area (Å²) in [4.78, 5) is 24.9. The summed E-state index contributed by atoms with van der Waals surface area (Å²) in [5.74, 6) is -0.318. The van der Waals surface area contributed by atoms with Crippen LogP contribution in [-0.4, -0.2) is 46.5 Å². The molecule has 1 fully saturated rings. The minimum Gasteiger partial charge on any atom is -0.496 e. The first kappa shape index (κ1) is 23.1. The Morgan fingerprint density at radius 2 is 1.88 bits per heavy atom. The third kappa shape index (κ3) is 4.98. The van der Waals surface area contributed by atoms with Crippen molar-refractivity contribution >= 4 is 27.5 Å². The zero-order valence-corrected chi connectivity index (χ0v) is 19.5. The number of fused-ring (bicyclic) bond motifs is 1. The third-order valence-electron chi connectivity index (χ3n) is 6.21. The molecule has 0 saturated heterocycles. The van der Waals surface area contributed by atoms with E-state index in [2.05, 4.69) is 10.6 Å². The van der Waals surface area contributed by atoms with Gasteiger partial charge in [0.15, 0.2) is 0 Å². The van der Waals surface area contributed by atoms with Crippen LogP contribution in [0.15, 0.2) is 47.4 Å². The van der Waals surface area contributed by atoms with E-state index in [9.17, 15) is 18.0 Å². The van der Waals surface area contributed by atoms with Crippen LogP contribution in [0.2, 0.25) is 0 Å². The molecule has 0 atom stereocenters. The SMILES string of the molecule is COc1ccc(S(=O)(=O)N2CCc3ccccc32)cc1C(=O)NCCC(=O)NC1CCCC1. The molecule has 4 rings (SSSR count). The molecule has 2 aromatic rings. The number of nitrogens with one attached hydrogen (secondary N) is 2. The number of hydrogen-bond acceptors (Lipinski definition) is 5. The largest absolute Gasteiger partial charge is 0.496 e. The molecular formula is C24H29N3O5S. The highest BCUT2D eigenvalue weighted by molar-refractivity contribution is 7.92. The van der Waals surface area contributed by atoms with Crippen LogP contribution >= 0.6 is 0 Å². The van der Waals surface area contributed by atoms with Gasteiger partial charge in [0.1, 0.15) is 5.75 Å². The van der Waals surface area contributed by atoms with Gasteiger partial charge in [-0.05, 0) is 49.1 Å². The van der Waals surface area contributed by atoms with Crippen molar-refractivity contribution < 1.29 is 22.7 Å². The Kier molecular flexibility index (Phi) is 6.88. The first-order valence-electron chi connectivity index (χ1n) is 11.3. The van der Waals surface area contributed by atoms with Gasteiger partial charge in [-0.1, -0.05) is 31.0 Å². The zero-order valence-electron chi connectivity index (χ0n) is 18.7. The number of nitrogens with zero attached hydrogens (tertiary/aromatic N) is 1. The molecule has 0 spiro atoms. The summed E-state index contributed by atoms with van der Waals surface area (Å²) in [6.07, 6.45) is 5.05. The average molecular weight is 472 g/mol. The minimum atomic E-state index is -3.85. The van der Waals surface area contributed by atoms with Crippen LogP contribution < -0.4 is 19.7 Å². The number of rotatable bonds is 8. The molecule has 0 bridgehead atoms. The predicted molar refractivity (Wildman–Crippen MR) is 125 cm³/mol. The van der Waals surface area contributed by atoms with E-state index in [1.807, 2.05) is 18.2 Å². The molecule has 1 saturated carbocycles. The molecule has 1 aliphatic heterocycles. The van der Waals surface area contributed by atoms with Crippen molar-refractivity contribution in [3.8, 4) is 5.75 Å². The summed E-state index contributed by atoms with van der Waals surface area (Å²) in [6, 6.07) is 11.9. The first-order valence-corrected chi connectivity index (χ1v) is 12.7. The molecule has 33 heavy (non-hydrogen) atoms. The van der Waals surface area contributed by atoms with E-state index in [4.69, 9.17) is 4.74 Å². The zero-order chi connectivity index (χ0) is 23.4.